The minimum Gasteiger partial charge on any atom is -0.497 e. The van der Waals surface area contributed by atoms with Gasteiger partial charge in [0.25, 0.3) is 0 Å². The number of methoxy groups -OCH3 is 1. The maximum absolute atomic E-state index is 13.3. The quantitative estimate of drug-likeness (QED) is 0.635. The lowest BCUT2D eigenvalue weighted by molar-refractivity contribution is 0.103. The molecule has 0 aliphatic carbocycles. The monoisotopic (exact) mass is 362 g/mol. The third-order valence-electron chi connectivity index (χ3n) is 5.87. The zero-order chi connectivity index (χ0) is 19.0. The molecule has 1 saturated heterocycles. The van der Waals surface area contributed by atoms with Crippen molar-refractivity contribution < 1.29 is 9.53 Å². The molecule has 140 valence electrons. The summed E-state index contributed by atoms with van der Waals surface area (Å²) in [5.74, 6) is 0.833. The van der Waals surface area contributed by atoms with Gasteiger partial charge in [-0.1, -0.05) is 18.2 Å². The van der Waals surface area contributed by atoms with E-state index < -0.39 is 0 Å². The predicted molar refractivity (Wildman–Crippen MR) is 109 cm³/mol. The van der Waals surface area contributed by atoms with E-state index in [1.54, 1.807) is 7.11 Å². The molecular weight excluding hydrogens is 336 g/mol. The Morgan fingerprint density at radius 3 is 2.56 bits per heavy atom. The molecule has 0 N–H and O–H groups in total. The maximum Gasteiger partial charge on any atom is 0.195 e. The largest absolute Gasteiger partial charge is 0.497 e. The fraction of sp³-hybridized carbons (Fsp3) is 0.348. The van der Waals surface area contributed by atoms with Crippen LogP contribution in [0.1, 0.15) is 34.5 Å². The van der Waals surface area contributed by atoms with Crippen molar-refractivity contribution in [2.24, 2.45) is 0 Å². The van der Waals surface area contributed by atoms with Crippen LogP contribution in [0.3, 0.4) is 0 Å². The van der Waals surface area contributed by atoms with Crippen molar-refractivity contribution in [1.82, 2.24) is 9.47 Å². The van der Waals surface area contributed by atoms with Crippen molar-refractivity contribution in [3.8, 4) is 5.75 Å². The lowest BCUT2D eigenvalue weighted by atomic mass is 10.0. The predicted octanol–water partition coefficient (Wildman–Crippen LogP) is 4.28. The first-order chi connectivity index (χ1) is 13.1. The fourth-order valence-corrected chi connectivity index (χ4v) is 4.26. The Balaban J connectivity index is 1.78. The molecule has 2 aromatic carbocycles. The molecule has 1 aliphatic rings. The summed E-state index contributed by atoms with van der Waals surface area (Å²) in [6.07, 6.45) is 2.46. The van der Waals surface area contributed by atoms with Crippen LogP contribution in [-0.4, -0.2) is 42.0 Å². The van der Waals surface area contributed by atoms with E-state index in [-0.39, 0.29) is 5.78 Å². The molecular formula is C23H26N2O2. The van der Waals surface area contributed by atoms with E-state index >= 15 is 0 Å². The third-order valence-corrected chi connectivity index (χ3v) is 5.87. The summed E-state index contributed by atoms with van der Waals surface area (Å²) in [6, 6.07) is 16.2. The molecule has 2 heterocycles. The molecule has 0 radical (unpaired) electrons. The van der Waals surface area contributed by atoms with Crippen molar-refractivity contribution >= 4 is 16.7 Å². The summed E-state index contributed by atoms with van der Waals surface area (Å²) >= 11 is 0. The number of hydrogen-bond donors (Lipinski definition) is 0. The van der Waals surface area contributed by atoms with Crippen LogP contribution >= 0.6 is 0 Å². The van der Waals surface area contributed by atoms with Crippen LogP contribution in [0.5, 0.6) is 5.75 Å². The van der Waals surface area contributed by atoms with E-state index in [1.807, 2.05) is 30.3 Å². The number of likely N-dealkylation sites (tertiary alicyclic amines) is 1. The van der Waals surface area contributed by atoms with E-state index in [9.17, 15) is 4.79 Å². The minimum absolute atomic E-state index is 0.0740. The van der Waals surface area contributed by atoms with Gasteiger partial charge in [0.15, 0.2) is 5.78 Å². The summed E-state index contributed by atoms with van der Waals surface area (Å²) in [4.78, 5) is 15.8. The lowest BCUT2D eigenvalue weighted by Gasteiger charge is -2.21. The molecule has 4 heteroatoms. The maximum atomic E-state index is 13.3. The average molecular weight is 362 g/mol. The summed E-state index contributed by atoms with van der Waals surface area (Å²) in [5.41, 5.74) is 3.71. The molecule has 0 spiro atoms. The van der Waals surface area contributed by atoms with E-state index in [4.69, 9.17) is 4.74 Å². The molecule has 4 nitrogen and oxygen atoms in total. The summed E-state index contributed by atoms with van der Waals surface area (Å²) in [6.45, 7) is 4.16. The number of rotatable bonds is 5. The normalized spacial score (nSPS) is 17.5. The van der Waals surface area contributed by atoms with Gasteiger partial charge in [-0.2, -0.15) is 0 Å². The molecule has 1 fully saturated rings. The van der Waals surface area contributed by atoms with Crippen molar-refractivity contribution in [1.29, 1.82) is 0 Å². The van der Waals surface area contributed by atoms with Crippen LogP contribution in [0, 0.1) is 6.92 Å². The van der Waals surface area contributed by atoms with Crippen LogP contribution < -0.4 is 4.74 Å². The van der Waals surface area contributed by atoms with Gasteiger partial charge in [0.1, 0.15) is 5.75 Å². The molecule has 1 aliphatic heterocycles. The highest BCUT2D eigenvalue weighted by Gasteiger charge is 2.25. The number of nitrogens with zero attached hydrogens (tertiary/aromatic N) is 2. The Morgan fingerprint density at radius 1 is 1.15 bits per heavy atom. The number of carbonyl (C=O) groups is 1. The average Bonchev–Trinajstić information content (AvgIpc) is 3.23. The Labute approximate surface area is 160 Å². The van der Waals surface area contributed by atoms with Gasteiger partial charge < -0.3 is 14.2 Å². The van der Waals surface area contributed by atoms with Gasteiger partial charge in [0.05, 0.1) is 12.7 Å². The fourth-order valence-electron chi connectivity index (χ4n) is 4.26. The van der Waals surface area contributed by atoms with Gasteiger partial charge in [-0.3, -0.25) is 4.79 Å². The Morgan fingerprint density at radius 2 is 1.89 bits per heavy atom. The Hall–Kier alpha value is -2.59. The van der Waals surface area contributed by atoms with Crippen molar-refractivity contribution in [3.63, 3.8) is 0 Å². The van der Waals surface area contributed by atoms with Gasteiger partial charge in [0, 0.05) is 34.7 Å². The number of ether oxygens (including phenoxy) is 1. The first kappa shape index (κ1) is 17.8. The zero-order valence-electron chi connectivity index (χ0n) is 16.2. The third kappa shape index (κ3) is 3.15. The number of benzene rings is 2. The van der Waals surface area contributed by atoms with E-state index in [1.165, 1.54) is 12.8 Å². The SMILES string of the molecule is COc1ccc(C(=O)c2c(C)n(CC3CCCN3C)c3ccccc23)cc1. The first-order valence-corrected chi connectivity index (χ1v) is 9.57. The molecule has 0 amide bonds. The zero-order valence-corrected chi connectivity index (χ0v) is 16.2. The topological polar surface area (TPSA) is 34.5 Å². The van der Waals surface area contributed by atoms with Crippen molar-refractivity contribution in [3.05, 3.63) is 65.4 Å². The van der Waals surface area contributed by atoms with Crippen molar-refractivity contribution in [2.45, 2.75) is 32.4 Å². The van der Waals surface area contributed by atoms with Crippen molar-refractivity contribution in [2.75, 3.05) is 20.7 Å². The molecule has 0 bridgehead atoms. The number of para-hydroxylation sites is 1. The second kappa shape index (κ2) is 7.20. The highest BCUT2D eigenvalue weighted by Crippen LogP contribution is 2.30. The van der Waals surface area contributed by atoms with E-state index in [2.05, 4.69) is 41.6 Å². The number of ketones is 1. The molecule has 4 rings (SSSR count). The minimum atomic E-state index is 0.0740. The van der Waals surface area contributed by atoms with E-state index in [0.29, 0.717) is 11.6 Å². The van der Waals surface area contributed by atoms with Crippen LogP contribution in [0.25, 0.3) is 10.9 Å². The Kier molecular flexibility index (Phi) is 4.75. The summed E-state index contributed by atoms with van der Waals surface area (Å²) < 4.78 is 7.55. The lowest BCUT2D eigenvalue weighted by Crippen LogP contribution is -2.29. The van der Waals surface area contributed by atoms with Crippen LogP contribution in [0.4, 0.5) is 0 Å². The standard InChI is InChI=1S/C23H26N2O2/c1-16-22(23(26)17-10-12-19(27-3)13-11-17)20-8-4-5-9-21(20)25(16)15-18-7-6-14-24(18)2/h4-5,8-13,18H,6-7,14-15H2,1-3H3. The van der Waals surface area contributed by atoms with Gasteiger partial charge in [0.2, 0.25) is 0 Å². The number of fused-ring (bicyclic) bond motifs is 1. The molecule has 1 aromatic heterocycles. The molecule has 1 unspecified atom stereocenters. The summed E-state index contributed by atoms with van der Waals surface area (Å²) in [7, 11) is 3.83. The van der Waals surface area contributed by atoms with Gasteiger partial charge in [-0.05, 0) is 63.7 Å². The highest BCUT2D eigenvalue weighted by atomic mass is 16.5. The smallest absolute Gasteiger partial charge is 0.195 e. The molecule has 27 heavy (non-hydrogen) atoms. The Bertz CT molecular complexity index is 972. The highest BCUT2D eigenvalue weighted by molar-refractivity contribution is 6.17. The van der Waals surface area contributed by atoms with Crippen LogP contribution in [0.2, 0.25) is 0 Å². The first-order valence-electron chi connectivity index (χ1n) is 9.57. The van der Waals surface area contributed by atoms with Gasteiger partial charge >= 0.3 is 0 Å². The van der Waals surface area contributed by atoms with Gasteiger partial charge in [-0.25, -0.2) is 0 Å². The van der Waals surface area contributed by atoms with Crippen LogP contribution in [0.15, 0.2) is 48.5 Å². The summed E-state index contributed by atoms with van der Waals surface area (Å²) in [5, 5.41) is 1.04. The number of carbonyl (C=O) groups excluding carboxylic acids is 1. The van der Waals surface area contributed by atoms with Gasteiger partial charge in [-0.15, -0.1) is 0 Å². The second-order valence-corrected chi connectivity index (χ2v) is 7.42. The molecule has 0 saturated carbocycles. The van der Waals surface area contributed by atoms with E-state index in [0.717, 1.165) is 41.0 Å². The molecule has 3 aromatic rings. The number of likely N-dealkylation sites (N-methyl/N-ethyl adjacent to an activating group) is 1. The number of aromatic nitrogens is 1. The number of hydrogen-bond acceptors (Lipinski definition) is 3. The second-order valence-electron chi connectivity index (χ2n) is 7.42. The molecule has 1 atom stereocenters. The van der Waals surface area contributed by atoms with Crippen LogP contribution in [-0.2, 0) is 6.54 Å².